The van der Waals surface area contributed by atoms with Crippen molar-refractivity contribution in [2.75, 3.05) is 18.0 Å². The molecule has 0 fully saturated rings. The standard InChI is InChI=1S/C10H13N3/c11-10-12-7-4-8-13(10)9-5-2-1-3-6-9/h1-3,5-6H,4,7-8H2,(H2,11,12). The molecular formula is C10H13N3. The van der Waals surface area contributed by atoms with Crippen molar-refractivity contribution in [3.8, 4) is 0 Å². The normalized spacial score (nSPS) is 16.9. The van der Waals surface area contributed by atoms with Crippen molar-refractivity contribution in [3.05, 3.63) is 30.3 Å². The SMILES string of the molecule is NC1=NCCCN1c1ccccc1. The molecular weight excluding hydrogens is 162 g/mol. The Morgan fingerprint density at radius 1 is 1.23 bits per heavy atom. The number of rotatable bonds is 1. The number of guanidine groups is 1. The molecule has 0 unspecified atom stereocenters. The number of benzene rings is 1. The summed E-state index contributed by atoms with van der Waals surface area (Å²) in [4.78, 5) is 6.25. The summed E-state index contributed by atoms with van der Waals surface area (Å²) in [5.74, 6) is 0.637. The monoisotopic (exact) mass is 175 g/mol. The van der Waals surface area contributed by atoms with Gasteiger partial charge in [0, 0.05) is 18.8 Å². The smallest absolute Gasteiger partial charge is 0.195 e. The van der Waals surface area contributed by atoms with Crippen LogP contribution in [0.2, 0.25) is 0 Å². The average molecular weight is 175 g/mol. The summed E-state index contributed by atoms with van der Waals surface area (Å²) >= 11 is 0. The summed E-state index contributed by atoms with van der Waals surface area (Å²) < 4.78 is 0. The second-order valence-electron chi connectivity index (χ2n) is 3.08. The Hall–Kier alpha value is -1.51. The van der Waals surface area contributed by atoms with Crippen molar-refractivity contribution < 1.29 is 0 Å². The van der Waals surface area contributed by atoms with Gasteiger partial charge in [-0.3, -0.25) is 4.99 Å². The Bertz CT molecular complexity index is 305. The third-order valence-electron chi connectivity index (χ3n) is 2.16. The molecule has 1 aliphatic heterocycles. The van der Waals surface area contributed by atoms with Crippen LogP contribution in [0.1, 0.15) is 6.42 Å². The molecule has 13 heavy (non-hydrogen) atoms. The van der Waals surface area contributed by atoms with E-state index in [1.807, 2.05) is 35.2 Å². The second-order valence-corrected chi connectivity index (χ2v) is 3.08. The molecule has 1 aliphatic rings. The molecule has 2 rings (SSSR count). The van der Waals surface area contributed by atoms with E-state index in [9.17, 15) is 0 Å². The van der Waals surface area contributed by atoms with Gasteiger partial charge in [0.15, 0.2) is 5.96 Å². The Morgan fingerprint density at radius 2 is 2.00 bits per heavy atom. The van der Waals surface area contributed by atoms with Gasteiger partial charge in [-0.1, -0.05) is 18.2 Å². The molecule has 1 heterocycles. The van der Waals surface area contributed by atoms with Crippen molar-refractivity contribution in [2.45, 2.75) is 6.42 Å². The molecule has 68 valence electrons. The maximum Gasteiger partial charge on any atom is 0.195 e. The lowest BCUT2D eigenvalue weighted by Crippen LogP contribution is -2.41. The lowest BCUT2D eigenvalue weighted by Gasteiger charge is -2.26. The summed E-state index contributed by atoms with van der Waals surface area (Å²) in [6.45, 7) is 1.83. The van der Waals surface area contributed by atoms with Crippen LogP contribution in [0, 0.1) is 0 Å². The average Bonchev–Trinajstić information content (AvgIpc) is 2.20. The van der Waals surface area contributed by atoms with Crippen LogP contribution in [0.3, 0.4) is 0 Å². The van der Waals surface area contributed by atoms with Crippen LogP contribution in [-0.2, 0) is 0 Å². The molecule has 3 heteroatoms. The second kappa shape index (κ2) is 3.47. The Labute approximate surface area is 77.9 Å². The van der Waals surface area contributed by atoms with E-state index in [0.29, 0.717) is 5.96 Å². The highest BCUT2D eigenvalue weighted by molar-refractivity contribution is 5.95. The zero-order valence-corrected chi connectivity index (χ0v) is 7.48. The minimum absolute atomic E-state index is 0.637. The maximum atomic E-state index is 5.79. The number of para-hydroxylation sites is 1. The molecule has 0 saturated heterocycles. The van der Waals surface area contributed by atoms with E-state index in [4.69, 9.17) is 5.73 Å². The van der Waals surface area contributed by atoms with Gasteiger partial charge in [0.1, 0.15) is 0 Å². The van der Waals surface area contributed by atoms with E-state index in [1.165, 1.54) is 0 Å². The van der Waals surface area contributed by atoms with Gasteiger partial charge in [0.25, 0.3) is 0 Å². The van der Waals surface area contributed by atoms with E-state index in [-0.39, 0.29) is 0 Å². The first-order valence-electron chi connectivity index (χ1n) is 4.50. The van der Waals surface area contributed by atoms with Crippen LogP contribution in [0.25, 0.3) is 0 Å². The van der Waals surface area contributed by atoms with Crippen LogP contribution in [0.5, 0.6) is 0 Å². The predicted molar refractivity (Wildman–Crippen MR) is 54.9 cm³/mol. The molecule has 0 radical (unpaired) electrons. The Morgan fingerprint density at radius 3 is 2.69 bits per heavy atom. The number of hydrogen-bond donors (Lipinski definition) is 1. The van der Waals surface area contributed by atoms with Crippen LogP contribution < -0.4 is 10.6 Å². The first kappa shape index (κ1) is 8.10. The molecule has 0 saturated carbocycles. The zero-order valence-electron chi connectivity index (χ0n) is 7.48. The number of anilines is 1. The molecule has 1 aromatic rings. The van der Waals surface area contributed by atoms with Crippen LogP contribution in [0.15, 0.2) is 35.3 Å². The van der Waals surface area contributed by atoms with E-state index < -0.39 is 0 Å². The maximum absolute atomic E-state index is 5.79. The van der Waals surface area contributed by atoms with Gasteiger partial charge >= 0.3 is 0 Å². The fraction of sp³-hybridized carbons (Fsp3) is 0.300. The summed E-state index contributed by atoms with van der Waals surface area (Å²) in [5, 5.41) is 0. The molecule has 0 aliphatic carbocycles. The Kier molecular flexibility index (Phi) is 2.17. The lowest BCUT2D eigenvalue weighted by atomic mass is 10.2. The summed E-state index contributed by atoms with van der Waals surface area (Å²) in [7, 11) is 0. The summed E-state index contributed by atoms with van der Waals surface area (Å²) in [6.07, 6.45) is 1.08. The van der Waals surface area contributed by atoms with Crippen LogP contribution in [-0.4, -0.2) is 19.0 Å². The fourth-order valence-corrected chi connectivity index (χ4v) is 1.49. The number of nitrogens with zero attached hydrogens (tertiary/aromatic N) is 2. The van der Waals surface area contributed by atoms with Crippen molar-refractivity contribution in [2.24, 2.45) is 10.7 Å². The van der Waals surface area contributed by atoms with Gasteiger partial charge in [-0.05, 0) is 18.6 Å². The van der Waals surface area contributed by atoms with Crippen molar-refractivity contribution in [1.29, 1.82) is 0 Å². The minimum Gasteiger partial charge on any atom is -0.370 e. The molecule has 2 N–H and O–H groups in total. The van der Waals surface area contributed by atoms with Crippen molar-refractivity contribution in [1.82, 2.24) is 0 Å². The van der Waals surface area contributed by atoms with Gasteiger partial charge in [-0.25, -0.2) is 0 Å². The molecule has 3 nitrogen and oxygen atoms in total. The number of hydrogen-bond acceptors (Lipinski definition) is 3. The quantitative estimate of drug-likeness (QED) is 0.697. The van der Waals surface area contributed by atoms with Crippen molar-refractivity contribution >= 4 is 11.6 Å². The van der Waals surface area contributed by atoms with E-state index in [1.54, 1.807) is 0 Å². The molecule has 1 aromatic carbocycles. The van der Waals surface area contributed by atoms with Gasteiger partial charge in [-0.15, -0.1) is 0 Å². The highest BCUT2D eigenvalue weighted by Gasteiger charge is 2.12. The first-order chi connectivity index (χ1) is 6.38. The highest BCUT2D eigenvalue weighted by atomic mass is 15.3. The van der Waals surface area contributed by atoms with Gasteiger partial charge < -0.3 is 10.6 Å². The third kappa shape index (κ3) is 1.64. The summed E-state index contributed by atoms with van der Waals surface area (Å²) in [6, 6.07) is 10.1. The largest absolute Gasteiger partial charge is 0.370 e. The lowest BCUT2D eigenvalue weighted by molar-refractivity contribution is 0.785. The molecule has 0 atom stereocenters. The van der Waals surface area contributed by atoms with E-state index in [0.717, 1.165) is 25.2 Å². The summed E-state index contributed by atoms with van der Waals surface area (Å²) in [5.41, 5.74) is 6.92. The molecule has 0 aromatic heterocycles. The first-order valence-corrected chi connectivity index (χ1v) is 4.50. The van der Waals surface area contributed by atoms with Gasteiger partial charge in [-0.2, -0.15) is 0 Å². The van der Waals surface area contributed by atoms with Crippen LogP contribution >= 0.6 is 0 Å². The molecule has 0 spiro atoms. The highest BCUT2D eigenvalue weighted by Crippen LogP contribution is 2.15. The topological polar surface area (TPSA) is 41.6 Å². The zero-order chi connectivity index (χ0) is 9.10. The fourth-order valence-electron chi connectivity index (χ4n) is 1.49. The van der Waals surface area contributed by atoms with Crippen LogP contribution in [0.4, 0.5) is 5.69 Å². The number of aliphatic imine (C=N–C) groups is 1. The van der Waals surface area contributed by atoms with Gasteiger partial charge in [0.05, 0.1) is 0 Å². The Balaban J connectivity index is 2.26. The minimum atomic E-state index is 0.637. The number of nitrogens with two attached hydrogens (primary N) is 1. The van der Waals surface area contributed by atoms with Gasteiger partial charge in [0.2, 0.25) is 0 Å². The van der Waals surface area contributed by atoms with E-state index >= 15 is 0 Å². The molecule has 0 amide bonds. The molecule has 0 bridgehead atoms. The van der Waals surface area contributed by atoms with E-state index in [2.05, 4.69) is 4.99 Å². The predicted octanol–water partition coefficient (Wildman–Crippen LogP) is 1.21. The third-order valence-corrected chi connectivity index (χ3v) is 2.16. The van der Waals surface area contributed by atoms with Crippen molar-refractivity contribution in [3.63, 3.8) is 0 Å².